The summed E-state index contributed by atoms with van der Waals surface area (Å²) in [6, 6.07) is 3.18. The quantitative estimate of drug-likeness (QED) is 0.819. The number of hydrogen-bond donors (Lipinski definition) is 2. The van der Waals surface area contributed by atoms with E-state index in [0.717, 1.165) is 0 Å². The van der Waals surface area contributed by atoms with Crippen molar-refractivity contribution < 1.29 is 19.7 Å². The molecule has 1 fully saturated rings. The van der Waals surface area contributed by atoms with Crippen LogP contribution in [0.5, 0.6) is 0 Å². The molecule has 25 heavy (non-hydrogen) atoms. The number of benzene rings is 1. The number of carbonyl (C=O) groups is 1. The molecule has 132 valence electrons. The number of aromatic nitrogens is 2. The number of aromatic carboxylic acids is 1. The molecule has 0 amide bonds. The Kier molecular flexibility index (Phi) is 4.10. The molecule has 1 aliphatic heterocycles. The van der Waals surface area contributed by atoms with Crippen LogP contribution in [0.2, 0.25) is 0 Å². The summed E-state index contributed by atoms with van der Waals surface area (Å²) in [7, 11) is 0. The van der Waals surface area contributed by atoms with Crippen LogP contribution in [0.25, 0.3) is 11.0 Å². The Hall–Kier alpha value is -2.36. The smallest absolute Gasteiger partial charge is 0.335 e. The van der Waals surface area contributed by atoms with E-state index in [4.69, 9.17) is 4.74 Å². The second-order valence-corrected chi connectivity index (χ2v) is 7.68. The van der Waals surface area contributed by atoms with Crippen molar-refractivity contribution in [1.29, 1.82) is 0 Å². The third-order valence-electron chi connectivity index (χ3n) is 4.42. The van der Waals surface area contributed by atoms with Gasteiger partial charge in [-0.1, -0.05) is 25.7 Å². The Morgan fingerprint density at radius 2 is 2.16 bits per heavy atom. The van der Waals surface area contributed by atoms with Gasteiger partial charge in [0.15, 0.2) is 0 Å². The second-order valence-electron chi connectivity index (χ2n) is 7.68. The van der Waals surface area contributed by atoms with Crippen LogP contribution in [0.3, 0.4) is 0 Å². The topological polar surface area (TPSA) is 84.6 Å². The van der Waals surface area contributed by atoms with Crippen LogP contribution in [0.1, 0.15) is 49.7 Å². The van der Waals surface area contributed by atoms with Crippen molar-refractivity contribution in [3.63, 3.8) is 0 Å². The predicted octanol–water partition coefficient (Wildman–Crippen LogP) is 2.45. The van der Waals surface area contributed by atoms with Gasteiger partial charge in [0.2, 0.25) is 0 Å². The molecule has 6 heteroatoms. The SMILES string of the molecule is CC(C)(O)C#Cc1cc(C(=O)O)cc2c1ncn2C1COCC1(C)C. The summed E-state index contributed by atoms with van der Waals surface area (Å²) in [4.78, 5) is 16.0. The molecule has 0 radical (unpaired) electrons. The van der Waals surface area contributed by atoms with Crippen molar-refractivity contribution in [3.8, 4) is 11.8 Å². The normalized spacial score (nSPS) is 19.6. The number of imidazole rings is 1. The highest BCUT2D eigenvalue weighted by molar-refractivity contribution is 5.95. The average Bonchev–Trinajstić information content (AvgIpc) is 3.06. The molecule has 1 atom stereocenters. The van der Waals surface area contributed by atoms with E-state index in [1.807, 2.05) is 4.57 Å². The number of carboxylic acids is 1. The highest BCUT2D eigenvalue weighted by Crippen LogP contribution is 2.39. The van der Waals surface area contributed by atoms with Crippen molar-refractivity contribution in [3.05, 3.63) is 29.6 Å². The van der Waals surface area contributed by atoms with E-state index in [2.05, 4.69) is 30.7 Å². The van der Waals surface area contributed by atoms with Crippen molar-refractivity contribution in [1.82, 2.24) is 9.55 Å². The Balaban J connectivity index is 2.21. The zero-order valence-electron chi connectivity index (χ0n) is 14.8. The number of carboxylic acid groups (broad SMARTS) is 1. The minimum Gasteiger partial charge on any atom is -0.478 e. The van der Waals surface area contributed by atoms with Crippen molar-refractivity contribution in [2.45, 2.75) is 39.3 Å². The summed E-state index contributed by atoms with van der Waals surface area (Å²) in [5.74, 6) is 4.58. The van der Waals surface area contributed by atoms with Gasteiger partial charge < -0.3 is 19.5 Å². The van der Waals surface area contributed by atoms with Gasteiger partial charge in [-0.05, 0) is 26.0 Å². The molecule has 0 spiro atoms. The van der Waals surface area contributed by atoms with Crippen molar-refractivity contribution >= 4 is 17.0 Å². The molecular weight excluding hydrogens is 320 g/mol. The van der Waals surface area contributed by atoms with Crippen LogP contribution in [0, 0.1) is 17.3 Å². The van der Waals surface area contributed by atoms with Crippen LogP contribution < -0.4 is 0 Å². The summed E-state index contributed by atoms with van der Waals surface area (Å²) in [6.45, 7) is 8.59. The fraction of sp³-hybridized carbons (Fsp3) is 0.474. The molecule has 1 unspecified atom stereocenters. The average molecular weight is 342 g/mol. The van der Waals surface area contributed by atoms with Crippen molar-refractivity contribution in [2.24, 2.45) is 5.41 Å². The van der Waals surface area contributed by atoms with Gasteiger partial charge >= 0.3 is 5.97 Å². The molecule has 6 nitrogen and oxygen atoms in total. The maximum Gasteiger partial charge on any atom is 0.335 e. The highest BCUT2D eigenvalue weighted by atomic mass is 16.5. The van der Waals surface area contributed by atoms with E-state index >= 15 is 0 Å². The van der Waals surface area contributed by atoms with Gasteiger partial charge in [0, 0.05) is 5.41 Å². The molecule has 3 rings (SSSR count). The lowest BCUT2D eigenvalue weighted by Gasteiger charge is -2.26. The van der Waals surface area contributed by atoms with Gasteiger partial charge in [0.25, 0.3) is 0 Å². The number of hydrogen-bond acceptors (Lipinski definition) is 4. The van der Waals surface area contributed by atoms with Crippen LogP contribution in [0.15, 0.2) is 18.5 Å². The molecule has 0 saturated carbocycles. The fourth-order valence-corrected chi connectivity index (χ4v) is 3.03. The third-order valence-corrected chi connectivity index (χ3v) is 4.42. The molecule has 1 aliphatic rings. The standard InChI is InChI=1S/C19H22N2O4/c1-18(2)10-25-9-15(18)21-11-20-16-12(5-6-19(3,4)24)7-13(17(22)23)8-14(16)21/h7-8,11,15,24H,9-10H2,1-4H3,(H,22,23). The molecule has 1 aromatic heterocycles. The summed E-state index contributed by atoms with van der Waals surface area (Å²) >= 11 is 0. The summed E-state index contributed by atoms with van der Waals surface area (Å²) in [5, 5.41) is 19.3. The zero-order valence-corrected chi connectivity index (χ0v) is 14.8. The van der Waals surface area contributed by atoms with Crippen LogP contribution >= 0.6 is 0 Å². The minimum atomic E-state index is -1.17. The lowest BCUT2D eigenvalue weighted by atomic mass is 9.87. The maximum atomic E-state index is 11.5. The molecular formula is C19H22N2O4. The Morgan fingerprint density at radius 1 is 1.44 bits per heavy atom. The summed E-state index contributed by atoms with van der Waals surface area (Å²) < 4.78 is 7.60. The van der Waals surface area contributed by atoms with E-state index in [9.17, 15) is 15.0 Å². The van der Waals surface area contributed by atoms with Crippen molar-refractivity contribution in [2.75, 3.05) is 13.2 Å². The number of nitrogens with zero attached hydrogens (tertiary/aromatic N) is 2. The van der Waals surface area contributed by atoms with Crippen LogP contribution in [-0.4, -0.2) is 44.5 Å². The molecule has 2 N–H and O–H groups in total. The lowest BCUT2D eigenvalue weighted by molar-refractivity contribution is 0.0697. The monoisotopic (exact) mass is 342 g/mol. The first-order chi connectivity index (χ1) is 11.6. The van der Waals surface area contributed by atoms with Gasteiger partial charge in [-0.15, -0.1) is 0 Å². The third kappa shape index (κ3) is 3.39. The minimum absolute atomic E-state index is 0.0663. The number of rotatable bonds is 2. The molecule has 1 aromatic carbocycles. The molecule has 0 bridgehead atoms. The molecule has 2 heterocycles. The lowest BCUT2D eigenvalue weighted by Crippen LogP contribution is -2.25. The number of fused-ring (bicyclic) bond motifs is 1. The Bertz CT molecular complexity index is 894. The van der Waals surface area contributed by atoms with Crippen LogP contribution in [-0.2, 0) is 4.74 Å². The van der Waals surface area contributed by atoms with E-state index in [-0.39, 0.29) is 17.0 Å². The maximum absolute atomic E-state index is 11.5. The number of aliphatic hydroxyl groups is 1. The van der Waals surface area contributed by atoms with Gasteiger partial charge in [-0.3, -0.25) is 0 Å². The first kappa shape index (κ1) is 17.5. The summed E-state index contributed by atoms with van der Waals surface area (Å²) in [6.07, 6.45) is 1.71. The second kappa shape index (κ2) is 5.87. The van der Waals surface area contributed by atoms with Crippen LogP contribution in [0.4, 0.5) is 0 Å². The molecule has 0 aliphatic carbocycles. The predicted molar refractivity (Wildman–Crippen MR) is 93.5 cm³/mol. The summed E-state index contributed by atoms with van der Waals surface area (Å²) in [5.41, 5.74) is 0.729. The Labute approximate surface area is 146 Å². The van der Waals surface area contributed by atoms with Gasteiger partial charge in [0.05, 0.1) is 42.2 Å². The van der Waals surface area contributed by atoms with E-state index < -0.39 is 11.6 Å². The fourth-order valence-electron chi connectivity index (χ4n) is 3.03. The first-order valence-electron chi connectivity index (χ1n) is 8.16. The van der Waals surface area contributed by atoms with Gasteiger partial charge in [-0.25, -0.2) is 9.78 Å². The largest absolute Gasteiger partial charge is 0.478 e. The van der Waals surface area contributed by atoms with E-state index in [0.29, 0.717) is 29.8 Å². The Morgan fingerprint density at radius 3 is 2.72 bits per heavy atom. The number of ether oxygens (including phenoxy) is 1. The molecule has 1 saturated heterocycles. The van der Waals surface area contributed by atoms with E-state index in [1.165, 1.54) is 6.07 Å². The zero-order chi connectivity index (χ0) is 18.4. The van der Waals surface area contributed by atoms with E-state index in [1.54, 1.807) is 26.2 Å². The molecule has 2 aromatic rings. The van der Waals surface area contributed by atoms with Gasteiger partial charge in [0.1, 0.15) is 11.1 Å². The first-order valence-corrected chi connectivity index (χ1v) is 8.16. The highest BCUT2D eigenvalue weighted by Gasteiger charge is 2.37. The van der Waals surface area contributed by atoms with Gasteiger partial charge in [-0.2, -0.15) is 0 Å².